The molecular weight excluding hydrogens is 318 g/mol. The quantitative estimate of drug-likeness (QED) is 0.639. The molecule has 132 valence electrons. The predicted molar refractivity (Wildman–Crippen MR) is 89.4 cm³/mol. The van der Waals surface area contributed by atoms with Crippen LogP contribution in [0.15, 0.2) is 24.8 Å². The maximum atomic E-state index is 12.7. The molecule has 0 amide bonds. The van der Waals surface area contributed by atoms with Crippen LogP contribution < -0.4 is 9.84 Å². The van der Waals surface area contributed by atoms with Crippen molar-refractivity contribution in [2.24, 2.45) is 0 Å². The number of likely N-dealkylation sites (tertiary alicyclic amines) is 1. The molecule has 0 aromatic heterocycles. The summed E-state index contributed by atoms with van der Waals surface area (Å²) in [6.45, 7) is 5.53. The fraction of sp³-hybridized carbons (Fsp3) is 0.550. The molecule has 1 saturated heterocycles. The lowest BCUT2D eigenvalue weighted by Gasteiger charge is -2.64. The highest BCUT2D eigenvalue weighted by atomic mass is 16.5. The lowest BCUT2D eigenvalue weighted by molar-refractivity contribution is -0.944. The van der Waals surface area contributed by atoms with Crippen molar-refractivity contribution < 1.29 is 24.2 Å². The van der Waals surface area contributed by atoms with Gasteiger partial charge in [-0.25, -0.2) is 0 Å². The molecule has 2 bridgehead atoms. The lowest BCUT2D eigenvalue weighted by Crippen LogP contribution is -2.80. The number of quaternary nitrogens is 1. The zero-order valence-electron chi connectivity index (χ0n) is 14.5. The highest BCUT2D eigenvalue weighted by molar-refractivity contribution is 5.89. The normalized spacial score (nSPS) is 43.4. The van der Waals surface area contributed by atoms with Crippen LogP contribution in [0.4, 0.5) is 0 Å². The molecule has 5 atom stereocenters. The van der Waals surface area contributed by atoms with Gasteiger partial charge < -0.3 is 19.4 Å². The first-order valence-corrected chi connectivity index (χ1v) is 9.08. The molecule has 25 heavy (non-hydrogen) atoms. The standard InChI is InChI=1S/C20H23NO4/c1-3-9-21(2)10-8-19-16-12-4-5-13(22)17(16)25-18(19)14(23)6-7-20(19,24)15(21)11-12/h3-5,15,18,24H,1,6-11H2,2H3/t15-,18-,19+,20-,21?/m1/s1. The molecule has 1 spiro atoms. The second-order valence-electron chi connectivity index (χ2n) is 8.43. The Balaban J connectivity index is 1.82. The molecule has 2 aliphatic carbocycles. The summed E-state index contributed by atoms with van der Waals surface area (Å²) in [6, 6.07) is 3.41. The van der Waals surface area contributed by atoms with Crippen molar-refractivity contribution in [3.05, 3.63) is 35.9 Å². The second-order valence-corrected chi connectivity index (χ2v) is 8.43. The molecular formula is C20H23NO4. The van der Waals surface area contributed by atoms with Gasteiger partial charge in [0.1, 0.15) is 17.4 Å². The summed E-state index contributed by atoms with van der Waals surface area (Å²) in [7, 11) is 2.17. The van der Waals surface area contributed by atoms with Gasteiger partial charge in [-0.2, -0.15) is 0 Å². The molecule has 2 heterocycles. The van der Waals surface area contributed by atoms with Gasteiger partial charge in [-0.15, -0.1) is 0 Å². The average molecular weight is 341 g/mol. The minimum atomic E-state index is -1.02. The molecule has 5 heteroatoms. The third-order valence-electron chi connectivity index (χ3n) is 7.43. The van der Waals surface area contributed by atoms with Crippen LogP contribution in [0, 0.1) is 0 Å². The van der Waals surface area contributed by atoms with Gasteiger partial charge in [0.15, 0.2) is 11.9 Å². The van der Waals surface area contributed by atoms with Gasteiger partial charge in [-0.3, -0.25) is 4.79 Å². The summed E-state index contributed by atoms with van der Waals surface area (Å²) >= 11 is 0. The van der Waals surface area contributed by atoms with E-state index in [1.165, 1.54) is 0 Å². The van der Waals surface area contributed by atoms with Crippen molar-refractivity contribution >= 4 is 5.78 Å². The third kappa shape index (κ3) is 1.51. The molecule has 2 aliphatic heterocycles. The summed E-state index contributed by atoms with van der Waals surface area (Å²) < 4.78 is 6.68. The number of aliphatic hydroxyl groups is 1. The van der Waals surface area contributed by atoms with Gasteiger partial charge in [0.2, 0.25) is 0 Å². The van der Waals surface area contributed by atoms with E-state index in [1.54, 1.807) is 6.07 Å². The number of nitrogens with zero attached hydrogens (tertiary/aromatic N) is 1. The van der Waals surface area contributed by atoms with Crippen LogP contribution in [0.2, 0.25) is 0 Å². The first kappa shape index (κ1) is 15.4. The van der Waals surface area contributed by atoms with Crippen molar-refractivity contribution in [1.29, 1.82) is 0 Å². The van der Waals surface area contributed by atoms with Crippen LogP contribution >= 0.6 is 0 Å². The topological polar surface area (TPSA) is 69.6 Å². The summed E-state index contributed by atoms with van der Waals surface area (Å²) in [6.07, 6.45) is 3.32. The average Bonchev–Trinajstić information content (AvgIpc) is 2.93. The van der Waals surface area contributed by atoms with E-state index in [-0.39, 0.29) is 17.6 Å². The monoisotopic (exact) mass is 341 g/mol. The van der Waals surface area contributed by atoms with Crippen LogP contribution in [-0.4, -0.2) is 53.3 Å². The van der Waals surface area contributed by atoms with Crippen molar-refractivity contribution in [2.45, 2.75) is 48.8 Å². The van der Waals surface area contributed by atoms with Crippen molar-refractivity contribution in [3.63, 3.8) is 0 Å². The Hall–Kier alpha value is -1.85. The summed E-state index contributed by atoms with van der Waals surface area (Å²) in [5.74, 6) is 0.159. The van der Waals surface area contributed by atoms with Crippen LogP contribution in [0.25, 0.3) is 0 Å². The van der Waals surface area contributed by atoms with Crippen molar-refractivity contribution in [3.8, 4) is 11.5 Å². The number of piperidine rings is 1. The Labute approximate surface area is 147 Å². The second kappa shape index (κ2) is 4.46. The van der Waals surface area contributed by atoms with E-state index in [4.69, 9.17) is 4.74 Å². The number of carbonyl (C=O) groups excluding carboxylic acids is 1. The summed E-state index contributed by atoms with van der Waals surface area (Å²) in [5.41, 5.74) is 0.124. The number of likely N-dealkylation sites (N-methyl/N-ethyl adjacent to an activating group) is 1. The molecule has 2 fully saturated rings. The molecule has 5 nitrogen and oxygen atoms in total. The maximum absolute atomic E-state index is 12.7. The number of Topliss-reactive ketones (excluding diaryl/α,β-unsaturated/α-hetero) is 1. The molecule has 1 saturated carbocycles. The third-order valence-corrected chi connectivity index (χ3v) is 7.43. The number of rotatable bonds is 2. The predicted octanol–water partition coefficient (Wildman–Crippen LogP) is 0.814. The van der Waals surface area contributed by atoms with E-state index in [9.17, 15) is 15.0 Å². The molecule has 4 aliphatic rings. The number of benzene rings is 1. The van der Waals surface area contributed by atoms with E-state index in [1.807, 2.05) is 12.1 Å². The van der Waals surface area contributed by atoms with Gasteiger partial charge in [0.25, 0.3) is 0 Å². The lowest BCUT2D eigenvalue weighted by atomic mass is 9.48. The van der Waals surface area contributed by atoms with Crippen LogP contribution in [-0.2, 0) is 16.6 Å². The Morgan fingerprint density at radius 2 is 2.28 bits per heavy atom. The van der Waals surface area contributed by atoms with Crippen LogP contribution in [0.1, 0.15) is 30.4 Å². The largest absolute Gasteiger partial charge is 0.870 e. The minimum Gasteiger partial charge on any atom is -0.870 e. The molecule has 1 aromatic carbocycles. The number of ketones is 1. The first-order chi connectivity index (χ1) is 11.9. The number of hydrogen-bond acceptors (Lipinski definition) is 4. The highest BCUT2D eigenvalue weighted by Gasteiger charge is 2.76. The van der Waals surface area contributed by atoms with Crippen LogP contribution in [0.5, 0.6) is 11.5 Å². The zero-order valence-corrected chi connectivity index (χ0v) is 14.5. The fourth-order valence-electron chi connectivity index (χ4n) is 6.33. The van der Waals surface area contributed by atoms with E-state index in [0.717, 1.165) is 28.7 Å². The highest BCUT2D eigenvalue weighted by Crippen LogP contribution is 2.65. The molecule has 1 N–H and O–H groups in total. The Kier molecular flexibility index (Phi) is 2.75. The Morgan fingerprint density at radius 1 is 1.48 bits per heavy atom. The van der Waals surface area contributed by atoms with Gasteiger partial charge in [-0.1, -0.05) is 24.5 Å². The molecule has 1 aromatic rings. The summed E-state index contributed by atoms with van der Waals surface area (Å²) in [4.78, 5) is 12.7. The van der Waals surface area contributed by atoms with Crippen molar-refractivity contribution in [1.82, 2.24) is 0 Å². The molecule has 5 rings (SSSR count). The fourth-order valence-corrected chi connectivity index (χ4v) is 6.33. The Morgan fingerprint density at radius 3 is 3.04 bits per heavy atom. The summed E-state index contributed by atoms with van der Waals surface area (Å²) in [5, 5.41) is 24.4. The van der Waals surface area contributed by atoms with E-state index in [0.29, 0.717) is 31.4 Å². The Bertz CT molecular complexity index is 820. The van der Waals surface area contributed by atoms with Crippen LogP contribution in [0.3, 0.4) is 0 Å². The maximum Gasteiger partial charge on any atom is 0.174 e. The van der Waals surface area contributed by atoms with Gasteiger partial charge in [0.05, 0.1) is 25.6 Å². The first-order valence-electron chi connectivity index (χ1n) is 9.08. The van der Waals surface area contributed by atoms with E-state index >= 15 is 0 Å². The van der Waals surface area contributed by atoms with Gasteiger partial charge >= 0.3 is 0 Å². The number of carbonyl (C=O) groups is 1. The minimum absolute atomic E-state index is 0.0191. The van der Waals surface area contributed by atoms with Crippen molar-refractivity contribution in [2.75, 3.05) is 20.1 Å². The smallest absolute Gasteiger partial charge is 0.174 e. The molecule has 0 radical (unpaired) electrons. The zero-order chi connectivity index (χ0) is 17.6. The SMILES string of the molecule is C=CC[N+]1(C)CC[C@]23c4c5ccc([O-])c4O[C@@H]2C(=O)CC[C@@]3(O)[C@H]1C5. The number of hydrogen-bond donors (Lipinski definition) is 1. The van der Waals surface area contributed by atoms with E-state index < -0.39 is 17.1 Å². The molecule has 1 unspecified atom stereocenters. The van der Waals surface area contributed by atoms with Gasteiger partial charge in [-0.05, 0) is 18.1 Å². The van der Waals surface area contributed by atoms with E-state index in [2.05, 4.69) is 13.6 Å². The number of ether oxygens (including phenoxy) is 1. The van der Waals surface area contributed by atoms with Gasteiger partial charge in [0, 0.05) is 24.8 Å².